The van der Waals surface area contributed by atoms with Crippen molar-refractivity contribution in [2.75, 3.05) is 33.0 Å². The monoisotopic (exact) mass is 516 g/mol. The Morgan fingerprint density at radius 2 is 1.86 bits per heavy atom. The van der Waals surface area contributed by atoms with Crippen LogP contribution in [0.2, 0.25) is 0 Å². The molecule has 1 amide bonds. The van der Waals surface area contributed by atoms with Crippen LogP contribution in [0.4, 0.5) is 5.69 Å². The lowest BCUT2D eigenvalue weighted by molar-refractivity contribution is -0.157. The lowest BCUT2D eigenvalue weighted by atomic mass is 9.87. The number of anilines is 1. The molecule has 2 aromatic carbocycles. The summed E-state index contributed by atoms with van der Waals surface area (Å²) >= 11 is 0. The largest absolute Gasteiger partial charge is 0.478 e. The van der Waals surface area contributed by atoms with Crippen molar-refractivity contribution in [3.8, 4) is 11.1 Å². The first-order valence-electron chi connectivity index (χ1n) is 11.3. The number of nitrogens with zero attached hydrogens (tertiary/aromatic N) is 3. The number of aliphatic carboxylic acids is 1. The minimum absolute atomic E-state index is 0.0963. The van der Waals surface area contributed by atoms with Gasteiger partial charge in [-0.25, -0.2) is 17.5 Å². The van der Waals surface area contributed by atoms with Crippen LogP contribution in [0, 0.1) is 0 Å². The van der Waals surface area contributed by atoms with Crippen LogP contribution in [0.1, 0.15) is 23.6 Å². The number of aliphatic hydroxyl groups is 1. The van der Waals surface area contributed by atoms with Crippen molar-refractivity contribution in [2.24, 2.45) is 5.16 Å². The van der Waals surface area contributed by atoms with Crippen molar-refractivity contribution in [2.45, 2.75) is 37.0 Å². The molecule has 2 aliphatic heterocycles. The van der Waals surface area contributed by atoms with E-state index >= 15 is 0 Å². The van der Waals surface area contributed by atoms with Gasteiger partial charge in [0.05, 0.1) is 10.6 Å². The number of nitrogens with one attached hydrogen (secondary N) is 1. The highest BCUT2D eigenvalue weighted by molar-refractivity contribution is 7.89. The zero-order valence-electron chi connectivity index (χ0n) is 20.3. The highest BCUT2D eigenvalue weighted by atomic mass is 32.2. The van der Waals surface area contributed by atoms with Gasteiger partial charge in [-0.1, -0.05) is 17.3 Å². The number of rotatable bonds is 7. The third kappa shape index (κ3) is 4.60. The molecule has 0 saturated heterocycles. The van der Waals surface area contributed by atoms with E-state index in [1.807, 2.05) is 7.05 Å². The van der Waals surface area contributed by atoms with Crippen LogP contribution < -0.4 is 5.32 Å². The molecule has 4 rings (SSSR count). The van der Waals surface area contributed by atoms with Gasteiger partial charge in [0.15, 0.2) is 5.71 Å². The van der Waals surface area contributed by atoms with E-state index in [1.54, 1.807) is 30.3 Å². The summed E-state index contributed by atoms with van der Waals surface area (Å²) in [5, 5.41) is 25.6. The first-order chi connectivity index (χ1) is 16.9. The molecule has 2 heterocycles. The van der Waals surface area contributed by atoms with E-state index in [2.05, 4.69) is 15.4 Å². The Balaban J connectivity index is 1.83. The number of likely N-dealkylation sites (N-methyl/N-ethyl adjacent to an activating group) is 1. The lowest BCUT2D eigenvalue weighted by Crippen LogP contribution is -2.33. The number of carbonyl (C=O) groups is 2. The summed E-state index contributed by atoms with van der Waals surface area (Å²) in [7, 11) is 1.32. The molecule has 0 radical (unpaired) electrons. The zero-order valence-corrected chi connectivity index (χ0v) is 21.2. The van der Waals surface area contributed by atoms with Crippen molar-refractivity contribution in [3.05, 3.63) is 47.0 Å². The average Bonchev–Trinajstić information content (AvgIpc) is 3.13. The number of sulfonamides is 1. The highest BCUT2D eigenvalue weighted by Gasteiger charge is 2.35. The number of benzene rings is 2. The molecule has 0 saturated carbocycles. The number of carbonyl (C=O) groups excluding carboxylic acids is 1. The first kappa shape index (κ1) is 25.8. The van der Waals surface area contributed by atoms with E-state index in [0.717, 1.165) is 33.1 Å². The number of fused-ring (bicyclic) bond motifs is 3. The zero-order chi connectivity index (χ0) is 26.4. The van der Waals surface area contributed by atoms with Gasteiger partial charge < -0.3 is 25.3 Å². The molecular formula is C24H28N4O7S. The maximum Gasteiger partial charge on any atom is 0.350 e. The van der Waals surface area contributed by atoms with E-state index in [9.17, 15) is 28.2 Å². The predicted molar refractivity (Wildman–Crippen MR) is 132 cm³/mol. The summed E-state index contributed by atoms with van der Waals surface area (Å²) in [6.07, 6.45) is -2.27. The van der Waals surface area contributed by atoms with Gasteiger partial charge in [0.2, 0.25) is 16.1 Å². The normalized spacial score (nSPS) is 18.5. The molecule has 2 unspecified atom stereocenters. The van der Waals surface area contributed by atoms with Gasteiger partial charge in [-0.05, 0) is 60.8 Å². The maximum atomic E-state index is 12.8. The number of hydrogen-bond donors (Lipinski definition) is 3. The summed E-state index contributed by atoms with van der Waals surface area (Å²) in [4.78, 5) is 31.5. The van der Waals surface area contributed by atoms with E-state index in [1.165, 1.54) is 21.0 Å². The summed E-state index contributed by atoms with van der Waals surface area (Å²) in [6.45, 7) is 2.63. The Bertz CT molecular complexity index is 1350. The van der Waals surface area contributed by atoms with Crippen LogP contribution in [0.5, 0.6) is 0 Å². The molecule has 36 heavy (non-hydrogen) atoms. The van der Waals surface area contributed by atoms with Crippen LogP contribution in [0.25, 0.3) is 11.1 Å². The summed E-state index contributed by atoms with van der Waals surface area (Å²) in [6, 6.07) is 8.32. The number of carboxylic acids is 1. The van der Waals surface area contributed by atoms with E-state index in [0.29, 0.717) is 24.2 Å². The quantitative estimate of drug-likeness (QED) is 0.463. The van der Waals surface area contributed by atoms with Crippen LogP contribution >= 0.6 is 0 Å². The molecule has 0 bridgehead atoms. The molecule has 192 valence electrons. The van der Waals surface area contributed by atoms with Gasteiger partial charge in [0, 0.05) is 32.7 Å². The molecule has 2 aliphatic rings. The fourth-order valence-electron chi connectivity index (χ4n) is 4.33. The Morgan fingerprint density at radius 1 is 1.19 bits per heavy atom. The van der Waals surface area contributed by atoms with Crippen LogP contribution in [-0.4, -0.2) is 85.3 Å². The Morgan fingerprint density at radius 3 is 2.44 bits per heavy atom. The van der Waals surface area contributed by atoms with Crippen molar-refractivity contribution < 1.29 is 33.1 Å². The number of aliphatic hydroxyl groups excluding tert-OH is 1. The van der Waals surface area contributed by atoms with Gasteiger partial charge in [-0.15, -0.1) is 0 Å². The van der Waals surface area contributed by atoms with E-state index in [-0.39, 0.29) is 10.6 Å². The second-order valence-corrected chi connectivity index (χ2v) is 11.3. The smallest absolute Gasteiger partial charge is 0.350 e. The maximum absolute atomic E-state index is 12.8. The molecule has 11 nitrogen and oxygen atoms in total. The van der Waals surface area contributed by atoms with Crippen LogP contribution in [0.3, 0.4) is 0 Å². The molecule has 2 atom stereocenters. The minimum atomic E-state index is -3.59. The molecule has 0 spiro atoms. The summed E-state index contributed by atoms with van der Waals surface area (Å²) in [5.41, 5.74) is 4.46. The fourth-order valence-corrected chi connectivity index (χ4v) is 5.23. The number of hydrogen-bond acceptors (Lipinski definition) is 8. The van der Waals surface area contributed by atoms with Gasteiger partial charge in [0.1, 0.15) is 6.10 Å². The van der Waals surface area contributed by atoms with Gasteiger partial charge >= 0.3 is 5.97 Å². The second kappa shape index (κ2) is 9.62. The molecular weight excluding hydrogens is 488 g/mol. The Kier molecular flexibility index (Phi) is 6.88. The van der Waals surface area contributed by atoms with Crippen molar-refractivity contribution in [1.29, 1.82) is 0 Å². The van der Waals surface area contributed by atoms with Crippen molar-refractivity contribution >= 4 is 33.3 Å². The predicted octanol–water partition coefficient (Wildman–Crippen LogP) is 1.10. The molecule has 3 N–H and O–H groups in total. The lowest BCUT2D eigenvalue weighted by Gasteiger charge is -2.29. The molecule has 0 fully saturated rings. The van der Waals surface area contributed by atoms with E-state index < -0.39 is 34.1 Å². The second-order valence-electron chi connectivity index (χ2n) is 9.10. The van der Waals surface area contributed by atoms with Crippen LogP contribution in [0.15, 0.2) is 40.4 Å². The standard InChI is InChI=1S/C24H28N4O7S/c1-13(29)22(24(31)32)35-26-21-18-11-17(14-5-7-15(8-6-14)36(33,34)27(2)3)16-9-10-28(4)12-19(16)20(18)25-23(21)30/h5-8,11,13,22,29H,9-10,12H2,1-4H3,(H,31,32)(H,25,26,30). The Hall–Kier alpha value is -3.32. The van der Waals surface area contributed by atoms with Crippen LogP contribution in [-0.2, 0) is 37.4 Å². The molecule has 0 aromatic heterocycles. The number of carboxylic acid groups (broad SMARTS) is 1. The van der Waals surface area contributed by atoms with Gasteiger partial charge in [-0.3, -0.25) is 4.79 Å². The average molecular weight is 517 g/mol. The highest BCUT2D eigenvalue weighted by Crippen LogP contribution is 2.40. The van der Waals surface area contributed by atoms with E-state index in [4.69, 9.17) is 4.84 Å². The summed E-state index contributed by atoms with van der Waals surface area (Å²) in [5.74, 6) is -1.95. The van der Waals surface area contributed by atoms with Crippen molar-refractivity contribution in [1.82, 2.24) is 9.21 Å². The minimum Gasteiger partial charge on any atom is -0.478 e. The first-order valence-corrected chi connectivity index (χ1v) is 12.7. The van der Waals surface area contributed by atoms with Gasteiger partial charge in [-0.2, -0.15) is 0 Å². The molecule has 2 aromatic rings. The summed E-state index contributed by atoms with van der Waals surface area (Å²) < 4.78 is 26.1. The third-order valence-corrected chi connectivity index (χ3v) is 8.14. The van der Waals surface area contributed by atoms with Crippen molar-refractivity contribution in [3.63, 3.8) is 0 Å². The third-order valence-electron chi connectivity index (χ3n) is 6.31. The molecule has 0 aliphatic carbocycles. The SMILES string of the molecule is CC(O)C(O/N=C1/C(=O)Nc2c1cc(-c1ccc(S(=O)(=O)N(C)C)cc1)c1c2CN(C)CC1)C(=O)O. The Labute approximate surface area is 209 Å². The van der Waals surface area contributed by atoms with Gasteiger partial charge in [0.25, 0.3) is 5.91 Å². The number of oxime groups is 1. The molecule has 12 heteroatoms. The topological polar surface area (TPSA) is 149 Å². The number of amides is 1. The fraction of sp³-hybridized carbons (Fsp3) is 0.375.